The molecular formula is C14H27N5O2. The predicted molar refractivity (Wildman–Crippen MR) is 84.0 cm³/mol. The fourth-order valence-electron chi connectivity index (χ4n) is 1.68. The van der Waals surface area contributed by atoms with Gasteiger partial charge in [0.2, 0.25) is 0 Å². The number of nitrogens with two attached hydrogens (primary N) is 1. The molecule has 7 nitrogen and oxygen atoms in total. The molecule has 0 radical (unpaired) electrons. The van der Waals surface area contributed by atoms with E-state index in [2.05, 4.69) is 20.7 Å². The Labute approximate surface area is 126 Å². The summed E-state index contributed by atoms with van der Waals surface area (Å²) in [6, 6.07) is 1.78. The Bertz CT molecular complexity index is 401. The van der Waals surface area contributed by atoms with Gasteiger partial charge in [-0.15, -0.1) is 0 Å². The van der Waals surface area contributed by atoms with Crippen LogP contribution in [-0.4, -0.2) is 35.8 Å². The van der Waals surface area contributed by atoms with Crippen LogP contribution in [0.1, 0.15) is 39.4 Å². The summed E-state index contributed by atoms with van der Waals surface area (Å²) in [5, 5.41) is 3.27. The molecule has 0 bridgehead atoms. The summed E-state index contributed by atoms with van der Waals surface area (Å²) in [4.78, 5) is 8.63. The van der Waals surface area contributed by atoms with Gasteiger partial charge in [-0.2, -0.15) is 0 Å². The lowest BCUT2D eigenvalue weighted by Gasteiger charge is -2.10. The molecule has 0 aliphatic rings. The summed E-state index contributed by atoms with van der Waals surface area (Å²) in [7, 11) is 0. The first-order valence-electron chi connectivity index (χ1n) is 7.43. The molecule has 0 atom stereocenters. The normalized spacial score (nSPS) is 10.9. The highest BCUT2D eigenvalue weighted by molar-refractivity contribution is 5.46. The molecule has 0 fully saturated rings. The fourth-order valence-corrected chi connectivity index (χ4v) is 1.68. The van der Waals surface area contributed by atoms with Gasteiger partial charge in [-0.1, -0.05) is 0 Å². The molecule has 1 rings (SSSR count). The number of nitrogens with zero attached hydrogens (tertiary/aromatic N) is 2. The first-order valence-corrected chi connectivity index (χ1v) is 7.43. The minimum atomic E-state index is 0.291. The Morgan fingerprint density at radius 3 is 2.67 bits per heavy atom. The van der Waals surface area contributed by atoms with Gasteiger partial charge in [0.05, 0.1) is 6.10 Å². The second-order valence-corrected chi connectivity index (χ2v) is 4.89. The SMILES string of the molecule is CCOCc1nc(NN)cc(NCCCCOC(C)C)n1. The molecule has 0 spiro atoms. The third-order valence-electron chi connectivity index (χ3n) is 2.68. The van der Waals surface area contributed by atoms with Gasteiger partial charge in [0.1, 0.15) is 18.2 Å². The maximum absolute atomic E-state index is 5.50. The van der Waals surface area contributed by atoms with Crippen LogP contribution in [0.4, 0.5) is 11.6 Å². The zero-order valence-electron chi connectivity index (χ0n) is 13.2. The van der Waals surface area contributed by atoms with Gasteiger partial charge in [-0.3, -0.25) is 0 Å². The van der Waals surface area contributed by atoms with Gasteiger partial charge < -0.3 is 20.2 Å². The van der Waals surface area contributed by atoms with Crippen molar-refractivity contribution in [3.05, 3.63) is 11.9 Å². The number of unbranched alkanes of at least 4 members (excludes halogenated alkanes) is 1. The zero-order chi connectivity index (χ0) is 15.5. The van der Waals surface area contributed by atoms with E-state index in [1.807, 2.05) is 20.8 Å². The van der Waals surface area contributed by atoms with Crippen molar-refractivity contribution in [2.75, 3.05) is 30.5 Å². The molecule has 120 valence electrons. The Morgan fingerprint density at radius 1 is 1.24 bits per heavy atom. The van der Waals surface area contributed by atoms with Crippen molar-refractivity contribution in [3.8, 4) is 0 Å². The first-order chi connectivity index (χ1) is 10.2. The molecule has 4 N–H and O–H groups in total. The molecular weight excluding hydrogens is 270 g/mol. The Morgan fingerprint density at radius 2 is 2.00 bits per heavy atom. The maximum atomic E-state index is 5.50. The summed E-state index contributed by atoms with van der Waals surface area (Å²) >= 11 is 0. The lowest BCUT2D eigenvalue weighted by molar-refractivity contribution is 0.0765. The van der Waals surface area contributed by atoms with Crippen LogP contribution in [0, 0.1) is 0 Å². The van der Waals surface area contributed by atoms with Gasteiger partial charge in [-0.05, 0) is 33.6 Å². The van der Waals surface area contributed by atoms with Crippen molar-refractivity contribution in [3.63, 3.8) is 0 Å². The monoisotopic (exact) mass is 297 g/mol. The smallest absolute Gasteiger partial charge is 0.158 e. The first kappa shape index (κ1) is 17.6. The quantitative estimate of drug-likeness (QED) is 0.326. The molecule has 0 aliphatic heterocycles. The van der Waals surface area contributed by atoms with E-state index < -0.39 is 0 Å². The summed E-state index contributed by atoms with van der Waals surface area (Å²) in [6.45, 7) is 8.64. The van der Waals surface area contributed by atoms with E-state index in [1.54, 1.807) is 6.07 Å². The van der Waals surface area contributed by atoms with Crippen molar-refractivity contribution in [2.24, 2.45) is 5.84 Å². The highest BCUT2D eigenvalue weighted by atomic mass is 16.5. The molecule has 7 heteroatoms. The van der Waals surface area contributed by atoms with Gasteiger partial charge >= 0.3 is 0 Å². The summed E-state index contributed by atoms with van der Waals surface area (Å²) in [5.41, 5.74) is 2.54. The van der Waals surface area contributed by atoms with Crippen LogP contribution in [0.25, 0.3) is 0 Å². The number of nitrogen functional groups attached to an aromatic ring is 1. The number of hydrazine groups is 1. The third-order valence-corrected chi connectivity index (χ3v) is 2.68. The molecule has 0 unspecified atom stereocenters. The van der Waals surface area contributed by atoms with Crippen molar-refractivity contribution < 1.29 is 9.47 Å². The number of hydrogen-bond acceptors (Lipinski definition) is 7. The molecule has 1 heterocycles. The standard InChI is InChI=1S/C14H27N5O2/c1-4-20-10-14-17-12(9-13(18-14)19-15)16-7-5-6-8-21-11(2)3/h9,11H,4-8,10,15H2,1-3H3,(H2,16,17,18,19). The van der Waals surface area contributed by atoms with Crippen LogP contribution in [0.5, 0.6) is 0 Å². The van der Waals surface area contributed by atoms with Crippen LogP contribution in [0.3, 0.4) is 0 Å². The lowest BCUT2D eigenvalue weighted by atomic mass is 10.3. The molecule has 0 aliphatic carbocycles. The minimum absolute atomic E-state index is 0.291. The van der Waals surface area contributed by atoms with Crippen molar-refractivity contribution in [2.45, 2.75) is 46.3 Å². The average molecular weight is 297 g/mol. The third kappa shape index (κ3) is 7.79. The topological polar surface area (TPSA) is 94.3 Å². The number of aromatic nitrogens is 2. The predicted octanol–water partition coefficient (Wildman–Crippen LogP) is 1.92. The highest BCUT2D eigenvalue weighted by Gasteiger charge is 2.04. The van der Waals surface area contributed by atoms with E-state index in [1.165, 1.54) is 0 Å². The molecule has 0 saturated carbocycles. The second kappa shape index (κ2) is 10.3. The second-order valence-electron chi connectivity index (χ2n) is 4.89. The molecule has 21 heavy (non-hydrogen) atoms. The van der Waals surface area contributed by atoms with E-state index in [9.17, 15) is 0 Å². The van der Waals surface area contributed by atoms with Gasteiger partial charge in [-0.25, -0.2) is 15.8 Å². The number of ether oxygens (including phenoxy) is 2. The Hall–Kier alpha value is -1.44. The minimum Gasteiger partial charge on any atom is -0.379 e. The zero-order valence-corrected chi connectivity index (χ0v) is 13.2. The summed E-state index contributed by atoms with van der Waals surface area (Å²) < 4.78 is 10.8. The van der Waals surface area contributed by atoms with Crippen molar-refractivity contribution in [1.82, 2.24) is 9.97 Å². The fraction of sp³-hybridized carbons (Fsp3) is 0.714. The Balaban J connectivity index is 2.39. The van der Waals surface area contributed by atoms with Gasteiger partial charge in [0, 0.05) is 25.8 Å². The number of rotatable bonds is 11. The van der Waals surface area contributed by atoms with E-state index in [4.69, 9.17) is 15.3 Å². The van der Waals surface area contributed by atoms with Crippen LogP contribution in [0.15, 0.2) is 6.07 Å². The summed E-state index contributed by atoms with van der Waals surface area (Å²) in [6.07, 6.45) is 2.33. The molecule has 0 aromatic carbocycles. The van der Waals surface area contributed by atoms with E-state index in [0.29, 0.717) is 31.0 Å². The number of hydrogen-bond donors (Lipinski definition) is 3. The summed E-state index contributed by atoms with van der Waals surface area (Å²) in [5.74, 6) is 7.34. The van der Waals surface area contributed by atoms with Gasteiger partial charge in [0.15, 0.2) is 5.82 Å². The van der Waals surface area contributed by atoms with Crippen LogP contribution in [0.2, 0.25) is 0 Å². The number of nitrogens with one attached hydrogen (secondary N) is 2. The average Bonchev–Trinajstić information content (AvgIpc) is 2.48. The van der Waals surface area contributed by atoms with Crippen LogP contribution < -0.4 is 16.6 Å². The van der Waals surface area contributed by atoms with Crippen LogP contribution in [-0.2, 0) is 16.1 Å². The van der Waals surface area contributed by atoms with Crippen LogP contribution >= 0.6 is 0 Å². The number of anilines is 2. The molecule has 0 saturated heterocycles. The van der Waals surface area contributed by atoms with E-state index in [-0.39, 0.29) is 0 Å². The maximum Gasteiger partial charge on any atom is 0.158 e. The molecule has 1 aromatic heterocycles. The molecule has 1 aromatic rings. The largest absolute Gasteiger partial charge is 0.379 e. The van der Waals surface area contributed by atoms with Gasteiger partial charge in [0.25, 0.3) is 0 Å². The van der Waals surface area contributed by atoms with E-state index in [0.717, 1.165) is 31.8 Å². The van der Waals surface area contributed by atoms with Crippen molar-refractivity contribution >= 4 is 11.6 Å². The van der Waals surface area contributed by atoms with Crippen molar-refractivity contribution in [1.29, 1.82) is 0 Å². The molecule has 0 amide bonds. The lowest BCUT2D eigenvalue weighted by Crippen LogP contribution is -2.13. The Kier molecular flexibility index (Phi) is 8.65. The van der Waals surface area contributed by atoms with E-state index >= 15 is 0 Å². The highest BCUT2D eigenvalue weighted by Crippen LogP contribution is 2.11.